The highest BCUT2D eigenvalue weighted by Gasteiger charge is 2.09. The predicted octanol–water partition coefficient (Wildman–Crippen LogP) is 7.41. The average molecular weight is 582 g/mol. The molecule has 0 aliphatic heterocycles. The Balaban J connectivity index is 0.000000158. The van der Waals surface area contributed by atoms with Crippen LogP contribution in [0.1, 0.15) is 0 Å². The van der Waals surface area contributed by atoms with Crippen molar-refractivity contribution >= 4 is 101 Å². The van der Waals surface area contributed by atoms with Crippen molar-refractivity contribution in [3.8, 4) is 0 Å². The second-order valence-electron chi connectivity index (χ2n) is 8.83. The normalized spacial score (nSPS) is 10.7. The van der Waals surface area contributed by atoms with E-state index in [1.54, 1.807) is 0 Å². The Kier molecular flexibility index (Phi) is 9.02. The van der Waals surface area contributed by atoms with Gasteiger partial charge in [-0.2, -0.15) is 0 Å². The summed E-state index contributed by atoms with van der Waals surface area (Å²) in [4.78, 5) is 20.8. The molecule has 39 heavy (non-hydrogen) atoms. The molecule has 2 aromatic heterocycles. The number of nitrogens with zero attached hydrogens (tertiary/aromatic N) is 2. The minimum atomic E-state index is -0.508. The van der Waals surface area contributed by atoms with Gasteiger partial charge in [-0.25, -0.2) is 0 Å². The van der Waals surface area contributed by atoms with E-state index in [1.165, 1.54) is 32.7 Å². The van der Waals surface area contributed by atoms with Gasteiger partial charge in [0.25, 0.3) is 0 Å². The molecule has 2 heterocycles. The standard InChI is InChI=1S/C15H13ClN2O.C13H12N2.C2H2Cl2O/c1-18-13-5-3-2-4-11(13)12-8-10(6-7-14(12)18)17-15(19)9-16;1-15-12-5-3-2-4-10(12)11-8-9(14)6-7-13(11)15;3-1-2(4)5/h2-8H,9H2,1H3,(H,17,19);2-8H,14H2,1H3;1H2. The van der Waals surface area contributed by atoms with E-state index in [-0.39, 0.29) is 17.7 Å². The number of para-hydroxylation sites is 2. The van der Waals surface area contributed by atoms with Crippen molar-refractivity contribution in [1.82, 2.24) is 9.13 Å². The highest BCUT2D eigenvalue weighted by atomic mass is 35.5. The van der Waals surface area contributed by atoms with Crippen molar-refractivity contribution in [2.45, 2.75) is 0 Å². The van der Waals surface area contributed by atoms with Crippen LogP contribution in [0.5, 0.6) is 0 Å². The molecular formula is C30H27Cl3N4O2. The molecule has 0 saturated heterocycles. The van der Waals surface area contributed by atoms with Crippen molar-refractivity contribution in [2.24, 2.45) is 14.1 Å². The average Bonchev–Trinajstić information content (AvgIpc) is 3.40. The molecule has 9 heteroatoms. The predicted molar refractivity (Wildman–Crippen MR) is 166 cm³/mol. The number of carbonyl (C=O) groups is 2. The van der Waals surface area contributed by atoms with Gasteiger partial charge >= 0.3 is 0 Å². The van der Waals surface area contributed by atoms with Crippen molar-refractivity contribution in [1.29, 1.82) is 0 Å². The van der Waals surface area contributed by atoms with Crippen molar-refractivity contribution in [3.05, 3.63) is 84.9 Å². The number of carbonyl (C=O) groups excluding carboxylic acids is 2. The fraction of sp³-hybridized carbons (Fsp3) is 0.133. The summed E-state index contributed by atoms with van der Waals surface area (Å²) in [6.45, 7) is 0. The van der Waals surface area contributed by atoms with Crippen LogP contribution in [0.2, 0.25) is 0 Å². The Bertz CT molecular complexity index is 1810. The lowest BCUT2D eigenvalue weighted by Gasteiger charge is -2.03. The number of hydrogen-bond acceptors (Lipinski definition) is 3. The number of nitrogens with two attached hydrogens (primary N) is 1. The van der Waals surface area contributed by atoms with Gasteiger partial charge in [0, 0.05) is 69.1 Å². The monoisotopic (exact) mass is 580 g/mol. The second kappa shape index (κ2) is 12.4. The molecule has 0 fully saturated rings. The highest BCUT2D eigenvalue weighted by molar-refractivity contribution is 6.67. The van der Waals surface area contributed by atoms with E-state index in [2.05, 4.69) is 64.0 Å². The van der Waals surface area contributed by atoms with E-state index in [9.17, 15) is 9.59 Å². The molecule has 200 valence electrons. The Hall–Kier alpha value is -3.71. The van der Waals surface area contributed by atoms with Gasteiger partial charge in [-0.05, 0) is 60.1 Å². The fourth-order valence-electron chi connectivity index (χ4n) is 4.63. The summed E-state index contributed by atoms with van der Waals surface area (Å²) in [7, 11) is 4.13. The minimum absolute atomic E-state index is 0.0342. The topological polar surface area (TPSA) is 82.0 Å². The molecule has 0 aliphatic rings. The SMILES string of the molecule is Cn1c2ccccc2c2cc(N)ccc21.Cn1c2ccccc2c2cc(NC(=O)CCl)ccc21.O=C(Cl)CCl. The van der Waals surface area contributed by atoms with Crippen molar-refractivity contribution < 1.29 is 9.59 Å². The zero-order chi connectivity index (χ0) is 28.1. The maximum Gasteiger partial charge on any atom is 0.239 e. The van der Waals surface area contributed by atoms with Crippen LogP contribution >= 0.6 is 34.8 Å². The maximum atomic E-state index is 11.3. The number of anilines is 2. The molecule has 6 rings (SSSR count). The van der Waals surface area contributed by atoms with Gasteiger partial charge < -0.3 is 20.2 Å². The summed E-state index contributed by atoms with van der Waals surface area (Å²) in [6.07, 6.45) is 0. The number of alkyl halides is 2. The molecule has 1 amide bonds. The summed E-state index contributed by atoms with van der Waals surface area (Å²) in [6, 6.07) is 28.6. The zero-order valence-electron chi connectivity index (χ0n) is 21.4. The van der Waals surface area contributed by atoms with Crippen LogP contribution < -0.4 is 11.1 Å². The van der Waals surface area contributed by atoms with Gasteiger partial charge in [-0.1, -0.05) is 36.4 Å². The first-order valence-corrected chi connectivity index (χ1v) is 13.5. The summed E-state index contributed by atoms with van der Waals surface area (Å²) in [5.41, 5.74) is 12.2. The molecule has 0 atom stereocenters. The van der Waals surface area contributed by atoms with E-state index in [1.807, 2.05) is 49.5 Å². The van der Waals surface area contributed by atoms with Gasteiger partial charge in [0.1, 0.15) is 5.88 Å². The number of nitrogen functional groups attached to an aromatic ring is 1. The number of rotatable bonds is 3. The maximum absolute atomic E-state index is 11.3. The molecule has 0 bridgehead atoms. The molecule has 3 N–H and O–H groups in total. The third-order valence-corrected chi connectivity index (χ3v) is 7.12. The van der Waals surface area contributed by atoms with Crippen LogP contribution in [0.3, 0.4) is 0 Å². The smallest absolute Gasteiger partial charge is 0.239 e. The summed E-state index contributed by atoms with van der Waals surface area (Å²) < 4.78 is 4.35. The molecule has 6 aromatic rings. The molecule has 0 radical (unpaired) electrons. The minimum Gasteiger partial charge on any atom is -0.399 e. The van der Waals surface area contributed by atoms with E-state index < -0.39 is 5.24 Å². The summed E-state index contributed by atoms with van der Waals surface area (Å²) in [5, 5.41) is 7.08. The van der Waals surface area contributed by atoms with Gasteiger partial charge in [0.2, 0.25) is 11.1 Å². The molecule has 6 nitrogen and oxygen atoms in total. The third-order valence-electron chi connectivity index (χ3n) is 6.36. The van der Waals surface area contributed by atoms with E-state index >= 15 is 0 Å². The Labute approximate surface area is 240 Å². The largest absolute Gasteiger partial charge is 0.399 e. The van der Waals surface area contributed by atoms with Crippen LogP contribution in [0.4, 0.5) is 11.4 Å². The van der Waals surface area contributed by atoms with Gasteiger partial charge in [0.05, 0.1) is 5.88 Å². The number of amides is 1. The molecular weight excluding hydrogens is 555 g/mol. The summed E-state index contributed by atoms with van der Waals surface area (Å²) >= 11 is 15.0. The van der Waals surface area contributed by atoms with E-state index in [0.717, 1.165) is 22.3 Å². The number of aryl methyl sites for hydroxylation is 2. The van der Waals surface area contributed by atoms with E-state index in [0.29, 0.717) is 0 Å². The first-order valence-electron chi connectivity index (χ1n) is 12.0. The lowest BCUT2D eigenvalue weighted by Crippen LogP contribution is -2.12. The van der Waals surface area contributed by atoms with Crippen LogP contribution in [0.15, 0.2) is 84.9 Å². The quantitative estimate of drug-likeness (QED) is 0.130. The number of fused-ring (bicyclic) bond motifs is 6. The lowest BCUT2D eigenvalue weighted by molar-refractivity contribution is -0.114. The lowest BCUT2D eigenvalue weighted by atomic mass is 10.1. The Morgan fingerprint density at radius 1 is 0.692 bits per heavy atom. The van der Waals surface area contributed by atoms with Crippen LogP contribution in [-0.2, 0) is 23.7 Å². The third kappa shape index (κ3) is 6.14. The summed E-state index contributed by atoms with van der Waals surface area (Å²) in [5.74, 6) is -0.323. The van der Waals surface area contributed by atoms with E-state index in [4.69, 9.17) is 40.5 Å². The molecule has 0 aliphatic carbocycles. The van der Waals surface area contributed by atoms with Crippen molar-refractivity contribution in [2.75, 3.05) is 22.8 Å². The number of nitrogens with one attached hydrogen (secondary N) is 1. The van der Waals surface area contributed by atoms with Crippen LogP contribution in [0.25, 0.3) is 43.6 Å². The fourth-order valence-corrected chi connectivity index (χ4v) is 4.69. The van der Waals surface area contributed by atoms with Crippen LogP contribution in [-0.4, -0.2) is 32.0 Å². The Morgan fingerprint density at radius 3 is 1.67 bits per heavy atom. The molecule has 4 aromatic carbocycles. The number of halogens is 3. The zero-order valence-corrected chi connectivity index (χ0v) is 23.7. The first kappa shape index (κ1) is 28.3. The second-order valence-corrected chi connectivity index (χ2v) is 9.79. The molecule has 0 unspecified atom stereocenters. The number of hydrogen-bond donors (Lipinski definition) is 2. The van der Waals surface area contributed by atoms with Gasteiger partial charge in [-0.3, -0.25) is 9.59 Å². The molecule has 0 spiro atoms. The highest BCUT2D eigenvalue weighted by Crippen LogP contribution is 2.30. The van der Waals surface area contributed by atoms with Gasteiger partial charge in [0.15, 0.2) is 0 Å². The van der Waals surface area contributed by atoms with Crippen molar-refractivity contribution in [3.63, 3.8) is 0 Å². The van der Waals surface area contributed by atoms with Gasteiger partial charge in [-0.15, -0.1) is 23.2 Å². The first-order chi connectivity index (χ1) is 18.7. The molecule has 0 saturated carbocycles. The number of benzene rings is 4. The van der Waals surface area contributed by atoms with Crippen LogP contribution in [0, 0.1) is 0 Å². The number of aromatic nitrogens is 2. The Morgan fingerprint density at radius 2 is 1.15 bits per heavy atom.